The van der Waals surface area contributed by atoms with Crippen LogP contribution in [0.4, 0.5) is 0 Å². The minimum Gasteiger partial charge on any atom is -0.313 e. The third-order valence-corrected chi connectivity index (χ3v) is 3.98. The van der Waals surface area contributed by atoms with E-state index in [-0.39, 0.29) is 0 Å². The van der Waals surface area contributed by atoms with Gasteiger partial charge < -0.3 is 5.32 Å². The van der Waals surface area contributed by atoms with Gasteiger partial charge in [0.15, 0.2) is 0 Å². The number of aryl methyl sites for hydroxylation is 1. The summed E-state index contributed by atoms with van der Waals surface area (Å²) in [7, 11) is 2.08. The van der Waals surface area contributed by atoms with E-state index in [2.05, 4.69) is 62.6 Å². The number of rotatable bonds is 6. The molecule has 1 heteroatoms. The third kappa shape index (κ3) is 3.16. The highest BCUT2D eigenvalue weighted by atomic mass is 14.9. The van der Waals surface area contributed by atoms with Crippen LogP contribution in [0.1, 0.15) is 49.8 Å². The topological polar surface area (TPSA) is 12.0 Å². The monoisotopic (exact) mass is 255 g/mol. The Morgan fingerprint density at radius 2 is 1.84 bits per heavy atom. The van der Waals surface area contributed by atoms with E-state index in [0.717, 1.165) is 0 Å². The molecule has 102 valence electrons. The number of benzene rings is 2. The fraction of sp³-hybridized carbons (Fsp3) is 0.444. The maximum atomic E-state index is 3.51. The molecule has 0 saturated heterocycles. The first-order valence-electron chi connectivity index (χ1n) is 7.43. The molecule has 1 nitrogen and oxygen atoms in total. The van der Waals surface area contributed by atoms with E-state index in [4.69, 9.17) is 0 Å². The summed E-state index contributed by atoms with van der Waals surface area (Å²) in [6, 6.07) is 13.7. The molecule has 2 rings (SSSR count). The molecule has 0 aliphatic rings. The maximum Gasteiger partial charge on any atom is 0.0326 e. The zero-order valence-corrected chi connectivity index (χ0v) is 12.4. The smallest absolute Gasteiger partial charge is 0.0326 e. The summed E-state index contributed by atoms with van der Waals surface area (Å²) in [6.07, 6.45) is 5.12. The van der Waals surface area contributed by atoms with Gasteiger partial charge >= 0.3 is 0 Å². The van der Waals surface area contributed by atoms with Crippen LogP contribution < -0.4 is 5.32 Å². The van der Waals surface area contributed by atoms with Crippen LogP contribution in [0.3, 0.4) is 0 Å². The van der Waals surface area contributed by atoms with Crippen LogP contribution in [0.25, 0.3) is 10.8 Å². The van der Waals surface area contributed by atoms with Gasteiger partial charge in [-0.2, -0.15) is 0 Å². The van der Waals surface area contributed by atoms with Crippen molar-refractivity contribution in [2.45, 2.75) is 45.6 Å². The van der Waals surface area contributed by atoms with Gasteiger partial charge in [0, 0.05) is 6.04 Å². The Kier molecular flexibility index (Phi) is 4.98. The van der Waals surface area contributed by atoms with Crippen LogP contribution in [0.15, 0.2) is 36.4 Å². The van der Waals surface area contributed by atoms with Crippen molar-refractivity contribution < 1.29 is 0 Å². The lowest BCUT2D eigenvalue weighted by Gasteiger charge is -2.21. The number of hydrogen-bond donors (Lipinski definition) is 1. The van der Waals surface area contributed by atoms with Crippen molar-refractivity contribution in [3.05, 3.63) is 47.5 Å². The molecule has 0 amide bonds. The molecule has 0 aliphatic carbocycles. The number of hydrogen-bond acceptors (Lipinski definition) is 1. The molecule has 0 aliphatic heterocycles. The third-order valence-electron chi connectivity index (χ3n) is 3.98. The highest BCUT2D eigenvalue weighted by Gasteiger charge is 2.14. The summed E-state index contributed by atoms with van der Waals surface area (Å²) in [5, 5.41) is 6.26. The van der Waals surface area contributed by atoms with Crippen molar-refractivity contribution in [2.75, 3.05) is 7.05 Å². The second kappa shape index (κ2) is 6.72. The Morgan fingerprint density at radius 1 is 1.05 bits per heavy atom. The van der Waals surface area contributed by atoms with Gasteiger partial charge in [0.25, 0.3) is 0 Å². The molecule has 0 radical (unpaired) electrons. The average Bonchev–Trinajstić information content (AvgIpc) is 2.45. The minimum atomic E-state index is 0.470. The van der Waals surface area contributed by atoms with E-state index in [0.29, 0.717) is 6.04 Å². The van der Waals surface area contributed by atoms with Crippen molar-refractivity contribution >= 4 is 10.8 Å². The summed E-state index contributed by atoms with van der Waals surface area (Å²) in [5.74, 6) is 0. The van der Waals surface area contributed by atoms with Gasteiger partial charge in [0.1, 0.15) is 0 Å². The molecule has 2 aromatic carbocycles. The Balaban J connectivity index is 2.37. The SMILES string of the molecule is CCCCCC(NC)c1c(C)ccc2ccccc12. The normalized spacial score (nSPS) is 12.8. The van der Waals surface area contributed by atoms with Crippen LogP contribution in [-0.2, 0) is 0 Å². The van der Waals surface area contributed by atoms with Gasteiger partial charge in [-0.05, 0) is 42.3 Å². The summed E-state index contributed by atoms with van der Waals surface area (Å²) < 4.78 is 0. The summed E-state index contributed by atoms with van der Waals surface area (Å²) in [6.45, 7) is 4.49. The first-order valence-corrected chi connectivity index (χ1v) is 7.43. The van der Waals surface area contributed by atoms with Crippen molar-refractivity contribution in [1.82, 2.24) is 5.32 Å². The second-order valence-electron chi connectivity index (χ2n) is 5.35. The molecule has 0 aromatic heterocycles. The van der Waals surface area contributed by atoms with Gasteiger partial charge in [-0.15, -0.1) is 0 Å². The predicted octanol–water partition coefficient (Wildman–Crippen LogP) is 4.99. The van der Waals surface area contributed by atoms with E-state index in [9.17, 15) is 0 Å². The molecule has 0 bridgehead atoms. The van der Waals surface area contributed by atoms with Crippen LogP contribution >= 0.6 is 0 Å². The fourth-order valence-corrected chi connectivity index (χ4v) is 2.90. The Hall–Kier alpha value is -1.34. The largest absolute Gasteiger partial charge is 0.313 e. The molecular weight excluding hydrogens is 230 g/mol. The van der Waals surface area contributed by atoms with E-state index in [1.165, 1.54) is 47.6 Å². The first-order chi connectivity index (χ1) is 9.27. The molecule has 1 N–H and O–H groups in total. The summed E-state index contributed by atoms with van der Waals surface area (Å²) in [4.78, 5) is 0. The Bertz CT molecular complexity index is 530. The Labute approximate surface area is 117 Å². The van der Waals surface area contributed by atoms with Crippen molar-refractivity contribution in [2.24, 2.45) is 0 Å². The molecule has 1 unspecified atom stereocenters. The predicted molar refractivity (Wildman–Crippen MR) is 84.6 cm³/mol. The maximum absolute atomic E-state index is 3.51. The van der Waals surface area contributed by atoms with E-state index in [1.807, 2.05) is 0 Å². The quantitative estimate of drug-likeness (QED) is 0.717. The molecule has 0 fully saturated rings. The first kappa shape index (κ1) is 14.1. The molecular formula is C18H25N. The molecule has 0 saturated carbocycles. The molecule has 0 heterocycles. The highest BCUT2D eigenvalue weighted by molar-refractivity contribution is 5.87. The lowest BCUT2D eigenvalue weighted by atomic mass is 9.91. The summed E-state index contributed by atoms with van der Waals surface area (Å²) in [5.41, 5.74) is 2.88. The van der Waals surface area contributed by atoms with Gasteiger partial charge in [-0.1, -0.05) is 62.6 Å². The fourth-order valence-electron chi connectivity index (χ4n) is 2.90. The molecule has 1 atom stereocenters. The van der Waals surface area contributed by atoms with Crippen molar-refractivity contribution in [3.63, 3.8) is 0 Å². The minimum absolute atomic E-state index is 0.470. The Morgan fingerprint density at radius 3 is 2.58 bits per heavy atom. The summed E-state index contributed by atoms with van der Waals surface area (Å²) >= 11 is 0. The van der Waals surface area contributed by atoms with Crippen LogP contribution in [0.2, 0.25) is 0 Å². The van der Waals surface area contributed by atoms with Gasteiger partial charge in [0.05, 0.1) is 0 Å². The van der Waals surface area contributed by atoms with Crippen LogP contribution in [-0.4, -0.2) is 7.05 Å². The van der Waals surface area contributed by atoms with Crippen molar-refractivity contribution in [3.8, 4) is 0 Å². The standard InChI is InChI=1S/C18H25N/c1-4-5-6-11-17(19-3)18-14(2)12-13-15-9-7-8-10-16(15)18/h7-10,12-13,17,19H,4-6,11H2,1-3H3. The molecule has 2 aromatic rings. The molecule has 19 heavy (non-hydrogen) atoms. The zero-order chi connectivity index (χ0) is 13.7. The highest BCUT2D eigenvalue weighted by Crippen LogP contribution is 2.30. The zero-order valence-electron chi connectivity index (χ0n) is 12.4. The van der Waals surface area contributed by atoms with Crippen LogP contribution in [0.5, 0.6) is 0 Å². The number of nitrogens with one attached hydrogen (secondary N) is 1. The van der Waals surface area contributed by atoms with E-state index < -0.39 is 0 Å². The van der Waals surface area contributed by atoms with Gasteiger partial charge in [0.2, 0.25) is 0 Å². The lowest BCUT2D eigenvalue weighted by molar-refractivity contribution is 0.513. The second-order valence-corrected chi connectivity index (χ2v) is 5.35. The van der Waals surface area contributed by atoms with Crippen molar-refractivity contribution in [1.29, 1.82) is 0 Å². The number of unbranched alkanes of at least 4 members (excludes halogenated alkanes) is 2. The lowest BCUT2D eigenvalue weighted by Crippen LogP contribution is -2.17. The van der Waals surface area contributed by atoms with E-state index >= 15 is 0 Å². The molecule has 0 spiro atoms. The number of fused-ring (bicyclic) bond motifs is 1. The van der Waals surface area contributed by atoms with Gasteiger partial charge in [-0.3, -0.25) is 0 Å². The van der Waals surface area contributed by atoms with E-state index in [1.54, 1.807) is 0 Å². The van der Waals surface area contributed by atoms with Crippen LogP contribution in [0, 0.1) is 6.92 Å². The van der Waals surface area contributed by atoms with Gasteiger partial charge in [-0.25, -0.2) is 0 Å². The average molecular weight is 255 g/mol.